The minimum absolute atomic E-state index is 0.00844. The normalized spacial score (nSPS) is 18.0. The smallest absolute Gasteiger partial charge is 0.497 e. The molecule has 2 atom stereocenters. The summed E-state index contributed by atoms with van der Waals surface area (Å²) in [6.45, 7) is 52.8. The molecular formula is C104H163B3F3N15O17S. The second-order valence-corrected chi connectivity index (χ2v) is 39.1. The van der Waals surface area contributed by atoms with Crippen molar-refractivity contribution in [2.45, 2.75) is 391 Å². The van der Waals surface area contributed by atoms with Crippen LogP contribution in [-0.2, 0) is 63.1 Å². The molecule has 5 fully saturated rings. The van der Waals surface area contributed by atoms with Gasteiger partial charge in [0.2, 0.25) is 11.6 Å². The number of esters is 1. The molecule has 14 rings (SSSR count). The van der Waals surface area contributed by atoms with Crippen LogP contribution in [0.3, 0.4) is 0 Å². The van der Waals surface area contributed by atoms with Crippen molar-refractivity contribution in [3.05, 3.63) is 179 Å². The van der Waals surface area contributed by atoms with Crippen molar-refractivity contribution in [3.63, 3.8) is 0 Å². The van der Waals surface area contributed by atoms with Gasteiger partial charge in [-0.3, -0.25) is 25.2 Å². The Morgan fingerprint density at radius 2 is 1.13 bits per heavy atom. The largest absolute Gasteiger partial charge is 0.640 e. The zero-order valence-electron chi connectivity index (χ0n) is 89.6. The van der Waals surface area contributed by atoms with Crippen molar-refractivity contribution in [2.75, 3.05) is 26.9 Å². The number of carbonyl (C=O) groups excluding carboxylic acids is 2. The van der Waals surface area contributed by atoms with Crippen LogP contribution in [0.4, 0.5) is 13.2 Å². The summed E-state index contributed by atoms with van der Waals surface area (Å²) in [5.41, 5.74) is 7.68. The number of H-pyrrole nitrogens is 4. The van der Waals surface area contributed by atoms with Crippen LogP contribution in [0.25, 0.3) is 22.4 Å². The summed E-state index contributed by atoms with van der Waals surface area (Å²) in [5, 5.41) is 62.1. The molecule has 11 heterocycles. The molecule has 1 saturated carbocycles. The minimum atomic E-state index is -5.49. The molecule has 9 aromatic rings. The van der Waals surface area contributed by atoms with Crippen LogP contribution >= 0.6 is 0 Å². The van der Waals surface area contributed by atoms with E-state index < -0.39 is 43.2 Å². The first-order valence-corrected chi connectivity index (χ1v) is 52.6. The van der Waals surface area contributed by atoms with Gasteiger partial charge in [-0.05, 0) is 295 Å². The fraction of sp³-hybridized carbons (Fsp3) is 0.615. The van der Waals surface area contributed by atoms with Crippen LogP contribution in [0, 0.1) is 0 Å². The maximum absolute atomic E-state index is 12.6. The Morgan fingerprint density at radius 1 is 0.601 bits per heavy atom. The number of carbonyl (C=O) groups is 2. The van der Waals surface area contributed by atoms with Gasteiger partial charge in [-0.25, -0.2) is 18.8 Å². The summed E-state index contributed by atoms with van der Waals surface area (Å²) in [6.07, 6.45) is 33.6. The molecule has 7 aromatic heterocycles. The summed E-state index contributed by atoms with van der Waals surface area (Å²) in [4.78, 5) is 22.8. The summed E-state index contributed by atoms with van der Waals surface area (Å²) in [6, 6.07) is 28.5. The molecule has 6 N–H and O–H groups in total. The molecule has 39 heteroatoms. The molecule has 5 aliphatic rings. The van der Waals surface area contributed by atoms with E-state index >= 15 is 0 Å². The standard InChI is InChI=1S/C33H41N5O4.C19H33BN2O3.C13H22N2O.C9H19BO3.2C8H12N2.C6H9F3O3S.C5H10O.C3H5BN2O2/c1-5-23(6-2)29-20-30(35-34-29)26-12-10-24(11-13-26)25-14-18-28(19-15-25)42-32-31(33(39)41-7-3)36-37-38(32)21-22-8-16-27(40-4)17-9-22;1-7-14(8-2)15-13-16(20-24-18(3,4)19(5,6)25-20)22(21-15)17-11-9-10-12-23-17;1-3-11(4-2)12-8-9-15(14-12)13-7-5-6-10-16-13;1-7(2)11-10-12-8(3,4)9(5,6)13-10;2*1-3-7(4-2)8-5-6-9-10-8;1-3-5(4-2)12-13(10,11)6(7,8)9;1-3-5(6)4-2;7-4(8)3-1-2-5-6-3/h8-13,16-17,20,23,25,28H,5-7,14-15,18-19,21H2,1-4H3,(H,34,35);13-14,17H,7-12H2,1-6H3;8-9,11,13H,3-7,10H2,1-2H3;7H,1-6H3;2*3,5-6H,4H2,1-2H3,(H,9,10);3H,4H2,1-2H3;3-4H2,1-2H3;1-2,7-8H,(H,5,6)/b;;;;2*7-3+;5-3-;;. The van der Waals surface area contributed by atoms with Crippen molar-refractivity contribution in [2.24, 2.45) is 0 Å². The molecule has 143 heavy (non-hydrogen) atoms. The summed E-state index contributed by atoms with van der Waals surface area (Å²) in [5.74, 6) is 2.79. The first kappa shape index (κ1) is 122. The lowest BCUT2D eigenvalue weighted by Gasteiger charge is -2.32. The van der Waals surface area contributed by atoms with E-state index in [2.05, 4.69) is 204 Å². The Bertz CT molecular complexity index is 5200. The number of hydrogen-bond acceptors (Lipinski definition) is 25. The van der Waals surface area contributed by atoms with Gasteiger partial charge in [0.15, 0.2) is 0 Å². The van der Waals surface area contributed by atoms with Gasteiger partial charge in [-0.15, -0.1) is 5.10 Å². The summed E-state index contributed by atoms with van der Waals surface area (Å²) < 4.78 is 123. The molecule has 0 radical (unpaired) electrons. The van der Waals surface area contributed by atoms with Gasteiger partial charge in [-0.2, -0.15) is 52.2 Å². The van der Waals surface area contributed by atoms with E-state index in [9.17, 15) is 31.2 Å². The highest BCUT2D eigenvalue weighted by atomic mass is 32.2. The lowest BCUT2D eigenvalue weighted by Crippen LogP contribution is -2.42. The average Bonchev–Trinajstić information content (AvgIpc) is 1.60. The maximum Gasteiger partial charge on any atom is 0.640 e. The third-order valence-electron chi connectivity index (χ3n) is 26.4. The Hall–Kier alpha value is -9.83. The number of nitrogens with one attached hydrogen (secondary N) is 4. The monoisotopic (exact) mass is 2020 g/mol. The number of allylic oxidation sites excluding steroid dienone is 6. The van der Waals surface area contributed by atoms with E-state index in [1.54, 1.807) is 31.1 Å². The minimum Gasteiger partial charge on any atom is -0.497 e. The highest BCUT2D eigenvalue weighted by Crippen LogP contribution is 2.41. The van der Waals surface area contributed by atoms with E-state index in [1.165, 1.54) is 92.4 Å². The van der Waals surface area contributed by atoms with Crippen molar-refractivity contribution >= 4 is 65.8 Å². The van der Waals surface area contributed by atoms with Gasteiger partial charge in [0.25, 0.3) is 0 Å². The molecule has 4 saturated heterocycles. The highest BCUT2D eigenvalue weighted by molar-refractivity contribution is 7.87. The molecule has 1 aliphatic carbocycles. The van der Waals surface area contributed by atoms with Crippen molar-refractivity contribution in [3.8, 4) is 22.9 Å². The van der Waals surface area contributed by atoms with Gasteiger partial charge in [0.05, 0.1) is 82.3 Å². The van der Waals surface area contributed by atoms with Gasteiger partial charge in [0.1, 0.15) is 35.9 Å². The Balaban J connectivity index is 0.000000266. The second-order valence-electron chi connectivity index (χ2n) is 37.6. The second kappa shape index (κ2) is 60.3. The number of Topliss-reactive ketones (excluding diaryl/α,β-unsaturated/α-hetero) is 1. The van der Waals surface area contributed by atoms with E-state index in [0.717, 1.165) is 142 Å². The lowest BCUT2D eigenvalue weighted by atomic mass is 9.82. The number of aromatic nitrogens is 15. The Morgan fingerprint density at radius 3 is 1.55 bits per heavy atom. The number of halogens is 3. The first-order chi connectivity index (χ1) is 68.0. The number of methoxy groups -OCH3 is 1. The SMILES string of the molecule is C/C=C(/CC)OS(=O)(=O)C(F)(F)F.C/C=C(\CC)c1ccn[nH]1.C/C=C(\CC)c1ccn[nH]1.CC(C)OB1OC(C)(C)C(C)(C)O1.CCC(=O)CC.CCC(CC)c1cc(B2OC(C)(C)C(C)(C)O2)n(C2CCCCO2)n1.CCC(CC)c1ccn(C2CCCCO2)n1.CCOC(=O)c1nnn(Cc2ccc(OC)cc2)c1OC1CCC(c2ccc(-c3cc(C(CC)CC)[nH]n3)cc2)CC1.OB(O)c1ccn[nH]1. The number of rotatable bonds is 33. The fourth-order valence-corrected chi connectivity index (χ4v) is 16.6. The average molecular weight is 2020 g/mol. The van der Waals surface area contributed by atoms with Gasteiger partial charge in [0, 0.05) is 92.4 Å². The van der Waals surface area contributed by atoms with Gasteiger partial charge in [-0.1, -0.05) is 130 Å². The number of aromatic amines is 4. The van der Waals surface area contributed by atoms with Crippen molar-refractivity contribution in [1.82, 2.24) is 75.3 Å². The number of nitrogens with zero attached hydrogens (tertiary/aromatic N) is 11. The molecular weight excluding hydrogens is 1850 g/mol. The van der Waals surface area contributed by atoms with Gasteiger partial charge >= 0.3 is 43.2 Å². The third kappa shape index (κ3) is 37.3. The van der Waals surface area contributed by atoms with Gasteiger partial charge < -0.3 is 61.2 Å². The molecule has 2 unspecified atom stereocenters. The van der Waals surface area contributed by atoms with Crippen LogP contribution in [0.1, 0.15) is 394 Å². The fourth-order valence-electron chi connectivity index (χ4n) is 16.0. The first-order valence-electron chi connectivity index (χ1n) is 51.2. The molecule has 792 valence electrons. The molecule has 0 spiro atoms. The van der Waals surface area contributed by atoms with E-state index in [-0.39, 0.29) is 71.5 Å². The zero-order valence-corrected chi connectivity index (χ0v) is 90.4. The van der Waals surface area contributed by atoms with Crippen LogP contribution in [-0.4, -0.2) is 194 Å². The molecule has 4 aliphatic heterocycles. The highest BCUT2D eigenvalue weighted by Gasteiger charge is 2.55. The molecule has 0 amide bonds. The maximum atomic E-state index is 12.6. The lowest BCUT2D eigenvalue weighted by molar-refractivity contribution is -0.118. The number of ketones is 1. The predicted molar refractivity (Wildman–Crippen MR) is 557 cm³/mol. The van der Waals surface area contributed by atoms with E-state index in [0.29, 0.717) is 60.3 Å². The summed E-state index contributed by atoms with van der Waals surface area (Å²) in [7, 11) is -6.20. The Labute approximate surface area is 848 Å². The van der Waals surface area contributed by atoms with Crippen LogP contribution in [0.2, 0.25) is 0 Å². The van der Waals surface area contributed by atoms with Crippen LogP contribution < -0.4 is 20.7 Å². The zero-order chi connectivity index (χ0) is 106. The van der Waals surface area contributed by atoms with Crippen LogP contribution in [0.15, 0.2) is 134 Å². The van der Waals surface area contributed by atoms with E-state index in [4.69, 9.17) is 62.1 Å². The topological polar surface area (TPSA) is 391 Å². The molecule has 0 bridgehead atoms. The molecule has 32 nitrogen and oxygen atoms in total. The molecule has 2 aromatic carbocycles. The number of ether oxygens (including phenoxy) is 5. The van der Waals surface area contributed by atoms with Crippen LogP contribution in [0.5, 0.6) is 11.6 Å². The quantitative estimate of drug-likeness (QED) is 0.00731. The van der Waals surface area contributed by atoms with E-state index in [1.807, 2.05) is 115 Å². The number of hydrogen-bond donors (Lipinski definition) is 6. The van der Waals surface area contributed by atoms with Crippen molar-refractivity contribution in [1.29, 1.82) is 0 Å². The summed E-state index contributed by atoms with van der Waals surface area (Å²) >= 11 is 0. The van der Waals surface area contributed by atoms with Crippen molar-refractivity contribution < 1.29 is 92.4 Å². The third-order valence-corrected chi connectivity index (χ3v) is 27.4. The number of benzene rings is 2. The predicted octanol–water partition coefficient (Wildman–Crippen LogP) is 22.3. The Kier molecular flexibility index (Phi) is 51.4. The number of alkyl halides is 3.